The van der Waals surface area contributed by atoms with Gasteiger partial charge in [-0.2, -0.15) is 0 Å². The van der Waals surface area contributed by atoms with Gasteiger partial charge in [-0.25, -0.2) is 4.79 Å². The molecule has 1 heterocycles. The molecule has 1 aliphatic heterocycles. The van der Waals surface area contributed by atoms with E-state index in [2.05, 4.69) is 10.6 Å². The van der Waals surface area contributed by atoms with Crippen molar-refractivity contribution < 1.29 is 14.3 Å². The van der Waals surface area contributed by atoms with E-state index in [-0.39, 0.29) is 18.5 Å². The molecule has 6 heteroatoms. The van der Waals surface area contributed by atoms with Gasteiger partial charge >= 0.3 is 6.03 Å². The number of hydrogen-bond acceptors (Lipinski definition) is 3. The monoisotopic (exact) mass is 395 g/mol. The lowest BCUT2D eigenvalue weighted by Gasteiger charge is -2.32. The molecule has 0 bridgehead atoms. The van der Waals surface area contributed by atoms with E-state index in [9.17, 15) is 9.59 Å². The lowest BCUT2D eigenvalue weighted by atomic mass is 9.94. The van der Waals surface area contributed by atoms with E-state index < -0.39 is 0 Å². The van der Waals surface area contributed by atoms with Crippen LogP contribution in [0.5, 0.6) is 5.75 Å². The summed E-state index contributed by atoms with van der Waals surface area (Å²) in [4.78, 5) is 26.1. The van der Waals surface area contributed by atoms with Crippen LogP contribution in [0.3, 0.4) is 0 Å². The predicted molar refractivity (Wildman–Crippen MR) is 114 cm³/mol. The molecule has 0 spiro atoms. The predicted octanol–water partition coefficient (Wildman–Crippen LogP) is 3.82. The van der Waals surface area contributed by atoms with E-state index in [4.69, 9.17) is 4.74 Å². The van der Waals surface area contributed by atoms with Gasteiger partial charge in [0.1, 0.15) is 5.75 Å². The summed E-state index contributed by atoms with van der Waals surface area (Å²) in [5.41, 5.74) is 1.97. The van der Waals surface area contributed by atoms with E-state index >= 15 is 0 Å². The topological polar surface area (TPSA) is 70.7 Å². The number of anilines is 1. The summed E-state index contributed by atoms with van der Waals surface area (Å²) in [6, 6.07) is 17.1. The molecule has 154 valence electrons. The fraction of sp³-hybridized carbons (Fsp3) is 0.391. The maximum absolute atomic E-state index is 12.3. The quantitative estimate of drug-likeness (QED) is 0.749. The van der Waals surface area contributed by atoms with Crippen LogP contribution < -0.4 is 15.4 Å². The molecule has 3 amide bonds. The summed E-state index contributed by atoms with van der Waals surface area (Å²) >= 11 is 0. The van der Waals surface area contributed by atoms with Gasteiger partial charge in [0.2, 0.25) is 0 Å². The highest BCUT2D eigenvalue weighted by Crippen LogP contribution is 2.21. The van der Waals surface area contributed by atoms with Crippen LogP contribution >= 0.6 is 0 Å². The average molecular weight is 396 g/mol. The van der Waals surface area contributed by atoms with Crippen LogP contribution in [0.2, 0.25) is 0 Å². The Hall–Kier alpha value is -3.02. The van der Waals surface area contributed by atoms with Gasteiger partial charge in [0.15, 0.2) is 6.61 Å². The van der Waals surface area contributed by atoms with Crippen molar-refractivity contribution in [2.45, 2.75) is 26.2 Å². The summed E-state index contributed by atoms with van der Waals surface area (Å²) < 4.78 is 5.49. The number of nitrogens with one attached hydrogen (secondary N) is 2. The summed E-state index contributed by atoms with van der Waals surface area (Å²) in [7, 11) is 0. The number of piperidine rings is 1. The Balaban J connectivity index is 1.29. The molecule has 1 fully saturated rings. The minimum Gasteiger partial charge on any atom is -0.484 e. The molecule has 0 atom stereocenters. The van der Waals surface area contributed by atoms with Crippen LogP contribution in [0.1, 0.15) is 24.8 Å². The molecule has 0 saturated carbocycles. The van der Waals surface area contributed by atoms with Gasteiger partial charge in [0.25, 0.3) is 5.91 Å². The van der Waals surface area contributed by atoms with E-state index in [1.54, 1.807) is 0 Å². The molecule has 2 aromatic carbocycles. The Kier molecular flexibility index (Phi) is 7.50. The van der Waals surface area contributed by atoms with Crippen molar-refractivity contribution in [2.24, 2.45) is 5.92 Å². The number of hydrogen-bond donors (Lipinski definition) is 2. The smallest absolute Gasteiger partial charge is 0.321 e. The number of carbonyl (C=O) groups excluding carboxylic acids is 2. The molecular formula is C23H29N3O3. The number of carbonyl (C=O) groups is 2. The highest BCUT2D eigenvalue weighted by atomic mass is 16.5. The lowest BCUT2D eigenvalue weighted by Crippen LogP contribution is -2.41. The molecule has 2 N–H and O–H groups in total. The highest BCUT2D eigenvalue weighted by molar-refractivity contribution is 5.89. The van der Waals surface area contributed by atoms with Crippen molar-refractivity contribution in [3.05, 3.63) is 60.2 Å². The summed E-state index contributed by atoms with van der Waals surface area (Å²) in [6.45, 7) is 4.16. The number of benzene rings is 2. The van der Waals surface area contributed by atoms with Gasteiger partial charge in [-0.15, -0.1) is 0 Å². The first-order valence-electron chi connectivity index (χ1n) is 10.2. The van der Waals surface area contributed by atoms with Crippen LogP contribution in [-0.2, 0) is 4.79 Å². The molecular weight excluding hydrogens is 366 g/mol. The maximum Gasteiger partial charge on any atom is 0.321 e. The highest BCUT2D eigenvalue weighted by Gasteiger charge is 2.22. The fourth-order valence-corrected chi connectivity index (χ4v) is 3.40. The number of nitrogens with zero attached hydrogens (tertiary/aromatic N) is 1. The number of urea groups is 1. The summed E-state index contributed by atoms with van der Waals surface area (Å²) in [5.74, 6) is 1.12. The molecule has 0 aliphatic carbocycles. The molecule has 3 rings (SSSR count). The molecule has 0 unspecified atom stereocenters. The summed E-state index contributed by atoms with van der Waals surface area (Å²) in [5, 5.41) is 5.85. The first kappa shape index (κ1) is 20.7. The van der Waals surface area contributed by atoms with E-state index in [1.165, 1.54) is 0 Å². The Labute approximate surface area is 172 Å². The van der Waals surface area contributed by atoms with Crippen molar-refractivity contribution in [1.82, 2.24) is 10.2 Å². The van der Waals surface area contributed by atoms with Crippen LogP contribution in [0.4, 0.5) is 10.5 Å². The molecule has 0 aromatic heterocycles. The third kappa shape index (κ3) is 6.82. The number of amides is 3. The van der Waals surface area contributed by atoms with Gasteiger partial charge in [-0.05, 0) is 56.4 Å². The third-order valence-corrected chi connectivity index (χ3v) is 5.19. The average Bonchev–Trinajstić information content (AvgIpc) is 2.74. The molecule has 29 heavy (non-hydrogen) atoms. The number of aryl methyl sites for hydroxylation is 1. The second-order valence-electron chi connectivity index (χ2n) is 7.47. The standard InChI is InChI=1S/C23H29N3O3/c1-18-7-9-21(10-8-18)29-17-22(27)24-14-11-19-12-15-26(16-13-19)23(28)25-20-5-3-2-4-6-20/h2-10,19H,11-17H2,1H3,(H,24,27)(H,25,28). The second-order valence-corrected chi connectivity index (χ2v) is 7.47. The first-order chi connectivity index (χ1) is 14.1. The van der Waals surface area contributed by atoms with Gasteiger partial charge < -0.3 is 20.3 Å². The van der Waals surface area contributed by atoms with Gasteiger partial charge in [-0.3, -0.25) is 4.79 Å². The number of rotatable bonds is 7. The normalized spacial score (nSPS) is 14.3. The molecule has 1 saturated heterocycles. The van der Waals surface area contributed by atoms with E-state index in [1.807, 2.05) is 66.4 Å². The van der Waals surface area contributed by atoms with Crippen molar-refractivity contribution in [2.75, 3.05) is 31.6 Å². The Morgan fingerprint density at radius 3 is 2.41 bits per heavy atom. The number of likely N-dealkylation sites (tertiary alicyclic amines) is 1. The molecule has 0 radical (unpaired) electrons. The zero-order chi connectivity index (χ0) is 20.5. The molecule has 1 aliphatic rings. The van der Waals surface area contributed by atoms with Gasteiger partial charge in [0.05, 0.1) is 0 Å². The van der Waals surface area contributed by atoms with E-state index in [0.29, 0.717) is 18.2 Å². The minimum absolute atomic E-state index is 0.0289. The molecule has 6 nitrogen and oxygen atoms in total. The largest absolute Gasteiger partial charge is 0.484 e. The minimum atomic E-state index is -0.106. The van der Waals surface area contributed by atoms with Crippen molar-refractivity contribution >= 4 is 17.6 Å². The first-order valence-corrected chi connectivity index (χ1v) is 10.2. The van der Waals surface area contributed by atoms with Gasteiger partial charge in [-0.1, -0.05) is 35.9 Å². The number of ether oxygens (including phenoxy) is 1. The van der Waals surface area contributed by atoms with Crippen molar-refractivity contribution in [3.63, 3.8) is 0 Å². The zero-order valence-electron chi connectivity index (χ0n) is 16.9. The second kappa shape index (κ2) is 10.5. The van der Waals surface area contributed by atoms with Crippen molar-refractivity contribution in [1.29, 1.82) is 0 Å². The zero-order valence-corrected chi connectivity index (χ0v) is 16.9. The summed E-state index contributed by atoms with van der Waals surface area (Å²) in [6.07, 6.45) is 2.83. The van der Waals surface area contributed by atoms with Crippen LogP contribution in [-0.4, -0.2) is 43.1 Å². The van der Waals surface area contributed by atoms with Crippen LogP contribution in [0, 0.1) is 12.8 Å². The SMILES string of the molecule is Cc1ccc(OCC(=O)NCCC2CCN(C(=O)Nc3ccccc3)CC2)cc1. The van der Waals surface area contributed by atoms with E-state index in [0.717, 1.165) is 43.6 Å². The lowest BCUT2D eigenvalue weighted by molar-refractivity contribution is -0.123. The Morgan fingerprint density at radius 1 is 1.03 bits per heavy atom. The Bertz CT molecular complexity index is 785. The fourth-order valence-electron chi connectivity index (χ4n) is 3.40. The van der Waals surface area contributed by atoms with Crippen molar-refractivity contribution in [3.8, 4) is 5.75 Å². The number of para-hydroxylation sites is 1. The molecule has 2 aromatic rings. The Morgan fingerprint density at radius 2 is 1.72 bits per heavy atom. The van der Waals surface area contributed by atoms with Crippen LogP contribution in [0.15, 0.2) is 54.6 Å². The third-order valence-electron chi connectivity index (χ3n) is 5.19. The maximum atomic E-state index is 12.3. The van der Waals surface area contributed by atoms with Crippen LogP contribution in [0.25, 0.3) is 0 Å². The van der Waals surface area contributed by atoms with Gasteiger partial charge in [0, 0.05) is 25.3 Å².